The molecule has 0 aliphatic heterocycles. The van der Waals surface area contributed by atoms with Crippen molar-refractivity contribution in [2.75, 3.05) is 0 Å². The van der Waals surface area contributed by atoms with E-state index in [0.717, 1.165) is 47.8 Å². The molecule has 0 unspecified atom stereocenters. The van der Waals surface area contributed by atoms with Gasteiger partial charge in [0.25, 0.3) is 5.56 Å². The Bertz CT molecular complexity index is 776. The number of H-pyrrole nitrogens is 1. The molecule has 0 atom stereocenters. The molecule has 1 aliphatic carbocycles. The van der Waals surface area contributed by atoms with Crippen molar-refractivity contribution in [1.29, 1.82) is 0 Å². The van der Waals surface area contributed by atoms with Crippen LogP contribution in [0.3, 0.4) is 0 Å². The summed E-state index contributed by atoms with van der Waals surface area (Å²) in [5, 5.41) is 10.3. The second-order valence-corrected chi connectivity index (χ2v) is 8.37. The third kappa shape index (κ3) is 2.60. The van der Waals surface area contributed by atoms with Gasteiger partial charge in [0.2, 0.25) is 0 Å². The summed E-state index contributed by atoms with van der Waals surface area (Å²) >= 11 is 2.64. The van der Waals surface area contributed by atoms with Crippen LogP contribution in [0.15, 0.2) is 9.95 Å². The van der Waals surface area contributed by atoms with Crippen molar-refractivity contribution in [2.24, 2.45) is 0 Å². The number of fused-ring (bicyclic) bond motifs is 3. The molecule has 5 nitrogen and oxygen atoms in total. The maximum Gasteiger partial charge on any atom is 0.319 e. The van der Waals surface area contributed by atoms with E-state index in [0.29, 0.717) is 10.5 Å². The fraction of sp³-hybridized carbons (Fsp3) is 0.500. The summed E-state index contributed by atoms with van der Waals surface area (Å²) < 4.78 is -1.03. The summed E-state index contributed by atoms with van der Waals surface area (Å²) in [7, 11) is 0. The topological polar surface area (TPSA) is 83.0 Å². The highest BCUT2D eigenvalue weighted by molar-refractivity contribution is 8.01. The van der Waals surface area contributed by atoms with E-state index in [9.17, 15) is 14.7 Å². The van der Waals surface area contributed by atoms with Gasteiger partial charge in [-0.05, 0) is 45.1 Å². The highest BCUT2D eigenvalue weighted by Crippen LogP contribution is 2.36. The Hall–Kier alpha value is -1.34. The van der Waals surface area contributed by atoms with Crippen molar-refractivity contribution in [1.82, 2.24) is 9.97 Å². The molecule has 0 amide bonds. The molecule has 2 N–H and O–H groups in total. The van der Waals surface area contributed by atoms with Crippen LogP contribution in [0, 0.1) is 0 Å². The highest BCUT2D eigenvalue weighted by Gasteiger charge is 2.30. The molecule has 2 heterocycles. The van der Waals surface area contributed by atoms with Crippen LogP contribution < -0.4 is 5.56 Å². The zero-order valence-corrected chi connectivity index (χ0v) is 13.5. The van der Waals surface area contributed by atoms with Crippen molar-refractivity contribution in [2.45, 2.75) is 49.4 Å². The van der Waals surface area contributed by atoms with Gasteiger partial charge in [0.15, 0.2) is 5.16 Å². The predicted octanol–water partition coefficient (Wildman–Crippen LogP) is 2.82. The predicted molar refractivity (Wildman–Crippen MR) is 84.5 cm³/mol. The quantitative estimate of drug-likeness (QED) is 0.670. The van der Waals surface area contributed by atoms with E-state index in [1.54, 1.807) is 25.2 Å². The van der Waals surface area contributed by atoms with Gasteiger partial charge in [0, 0.05) is 4.88 Å². The summed E-state index contributed by atoms with van der Waals surface area (Å²) in [6, 6.07) is 0. The van der Waals surface area contributed by atoms with Crippen LogP contribution >= 0.6 is 23.1 Å². The Kier molecular flexibility index (Phi) is 3.57. The molecule has 0 fully saturated rings. The smallest absolute Gasteiger partial charge is 0.319 e. The fourth-order valence-corrected chi connectivity index (χ4v) is 4.65. The number of hydrogen-bond donors (Lipinski definition) is 2. The minimum atomic E-state index is -1.03. The van der Waals surface area contributed by atoms with Crippen LogP contribution in [0.4, 0.5) is 0 Å². The monoisotopic (exact) mass is 324 g/mol. The van der Waals surface area contributed by atoms with Crippen LogP contribution in [0.25, 0.3) is 10.2 Å². The molecule has 0 radical (unpaired) electrons. The lowest BCUT2D eigenvalue weighted by molar-refractivity contribution is -0.138. The van der Waals surface area contributed by atoms with Gasteiger partial charge in [-0.2, -0.15) is 0 Å². The third-order valence-electron chi connectivity index (χ3n) is 3.67. The average molecular weight is 324 g/mol. The van der Waals surface area contributed by atoms with E-state index < -0.39 is 10.7 Å². The zero-order chi connectivity index (χ0) is 15.2. The normalized spacial score (nSPS) is 15.1. The van der Waals surface area contributed by atoms with E-state index in [4.69, 9.17) is 0 Å². The van der Waals surface area contributed by atoms with Gasteiger partial charge in [0.1, 0.15) is 9.58 Å². The highest BCUT2D eigenvalue weighted by atomic mass is 32.2. The molecule has 1 aliphatic rings. The fourth-order valence-electron chi connectivity index (χ4n) is 2.48. The number of carbonyl (C=O) groups is 1. The Morgan fingerprint density at radius 1 is 1.38 bits per heavy atom. The van der Waals surface area contributed by atoms with E-state index in [-0.39, 0.29) is 5.56 Å². The van der Waals surface area contributed by atoms with Crippen molar-refractivity contribution < 1.29 is 9.90 Å². The Morgan fingerprint density at radius 2 is 2.10 bits per heavy atom. The number of carboxylic acid groups (broad SMARTS) is 1. The molecule has 2 aromatic heterocycles. The number of rotatable bonds is 3. The van der Waals surface area contributed by atoms with Crippen LogP contribution in [0.2, 0.25) is 0 Å². The number of aliphatic carboxylic acids is 1. The van der Waals surface area contributed by atoms with E-state index in [1.165, 1.54) is 4.88 Å². The number of thiophene rings is 1. The summed E-state index contributed by atoms with van der Waals surface area (Å²) in [5.74, 6) is -0.930. The Balaban J connectivity index is 2.08. The molecule has 0 spiro atoms. The summed E-state index contributed by atoms with van der Waals surface area (Å²) in [4.78, 5) is 32.7. The van der Waals surface area contributed by atoms with Gasteiger partial charge in [-0.1, -0.05) is 11.8 Å². The van der Waals surface area contributed by atoms with E-state index in [2.05, 4.69) is 9.97 Å². The van der Waals surface area contributed by atoms with Gasteiger partial charge >= 0.3 is 5.97 Å². The largest absolute Gasteiger partial charge is 0.480 e. The minimum absolute atomic E-state index is 0.150. The minimum Gasteiger partial charge on any atom is -0.480 e. The number of aryl methyl sites for hydroxylation is 2. The number of thioether (sulfide) groups is 1. The Labute approximate surface area is 129 Å². The average Bonchev–Trinajstić information content (AvgIpc) is 2.76. The standard InChI is InChI=1S/C14H16N2O3S2/c1-14(2,12(18)19)21-13-15-10(17)9-7-5-3-4-6-8(7)20-11(9)16-13/h3-6H2,1-2H3,(H,18,19)(H,15,16,17). The van der Waals surface area contributed by atoms with Gasteiger partial charge < -0.3 is 10.1 Å². The molecule has 3 rings (SSSR count). The first-order valence-corrected chi connectivity index (χ1v) is 8.49. The molecule has 7 heteroatoms. The molecular weight excluding hydrogens is 308 g/mol. The second-order valence-electron chi connectivity index (χ2n) is 5.68. The summed E-state index contributed by atoms with van der Waals surface area (Å²) in [6.07, 6.45) is 4.22. The first kappa shape index (κ1) is 14.6. The Morgan fingerprint density at radius 3 is 2.81 bits per heavy atom. The SMILES string of the molecule is CC(C)(Sc1nc2sc3c(c2c(=O)[nH]1)CCCC3)C(=O)O. The number of nitrogens with zero attached hydrogens (tertiary/aromatic N) is 1. The number of carboxylic acids is 1. The maximum absolute atomic E-state index is 12.3. The molecular formula is C14H16N2O3S2. The van der Waals surface area contributed by atoms with Gasteiger partial charge in [-0.3, -0.25) is 9.59 Å². The van der Waals surface area contributed by atoms with E-state index in [1.807, 2.05) is 0 Å². The number of hydrogen-bond acceptors (Lipinski definition) is 5. The van der Waals surface area contributed by atoms with Crippen LogP contribution in [-0.4, -0.2) is 25.8 Å². The zero-order valence-electron chi connectivity index (χ0n) is 11.9. The first-order valence-electron chi connectivity index (χ1n) is 6.85. The van der Waals surface area contributed by atoms with Crippen molar-refractivity contribution >= 4 is 39.3 Å². The maximum atomic E-state index is 12.3. The first-order chi connectivity index (χ1) is 9.88. The number of aromatic nitrogens is 2. The van der Waals surface area contributed by atoms with Crippen LogP contribution in [0.5, 0.6) is 0 Å². The van der Waals surface area contributed by atoms with Crippen molar-refractivity contribution in [3.63, 3.8) is 0 Å². The molecule has 21 heavy (non-hydrogen) atoms. The lowest BCUT2D eigenvalue weighted by Crippen LogP contribution is -2.27. The molecule has 0 bridgehead atoms. The lowest BCUT2D eigenvalue weighted by Gasteiger charge is -2.17. The lowest BCUT2D eigenvalue weighted by atomic mass is 9.97. The molecule has 0 saturated carbocycles. The summed E-state index contributed by atoms with van der Waals surface area (Å²) in [6.45, 7) is 3.20. The third-order valence-corrected chi connectivity index (χ3v) is 5.93. The van der Waals surface area contributed by atoms with Crippen molar-refractivity contribution in [3.8, 4) is 0 Å². The van der Waals surface area contributed by atoms with Gasteiger partial charge in [-0.15, -0.1) is 11.3 Å². The van der Waals surface area contributed by atoms with Gasteiger partial charge in [0.05, 0.1) is 5.39 Å². The molecule has 0 saturated heterocycles. The van der Waals surface area contributed by atoms with Gasteiger partial charge in [-0.25, -0.2) is 4.98 Å². The molecule has 2 aromatic rings. The molecule has 112 valence electrons. The van der Waals surface area contributed by atoms with Crippen molar-refractivity contribution in [3.05, 3.63) is 20.8 Å². The van der Waals surface area contributed by atoms with Crippen LogP contribution in [-0.2, 0) is 17.6 Å². The molecule has 0 aromatic carbocycles. The van der Waals surface area contributed by atoms with Crippen LogP contribution in [0.1, 0.15) is 37.1 Å². The summed E-state index contributed by atoms with van der Waals surface area (Å²) in [5.41, 5.74) is 0.993. The second kappa shape index (κ2) is 5.14. The van der Waals surface area contributed by atoms with E-state index >= 15 is 0 Å². The number of aromatic amines is 1. The number of nitrogens with one attached hydrogen (secondary N) is 1.